The molecule has 2 aromatic rings. The van der Waals surface area contributed by atoms with Crippen LogP contribution in [0.3, 0.4) is 0 Å². The van der Waals surface area contributed by atoms with Crippen LogP contribution in [-0.2, 0) is 9.53 Å². The van der Waals surface area contributed by atoms with E-state index in [1.54, 1.807) is 0 Å². The number of ether oxygens (including phenoxy) is 1. The molecule has 5 N–H and O–H groups in total. The quantitative estimate of drug-likeness (QED) is 0.262. The molecule has 0 radical (unpaired) electrons. The topological polar surface area (TPSA) is 109 Å². The van der Waals surface area contributed by atoms with Crippen molar-refractivity contribution in [2.24, 2.45) is 11.7 Å². The van der Waals surface area contributed by atoms with Crippen molar-refractivity contribution >= 4 is 57.2 Å². The maximum Gasteiger partial charge on any atom is 0.340 e. The van der Waals surface area contributed by atoms with Crippen molar-refractivity contribution < 1.29 is 18.7 Å². The van der Waals surface area contributed by atoms with Gasteiger partial charge in [0.15, 0.2) is 11.5 Å². The number of benzene rings is 2. The molecule has 182 valence electrons. The zero-order chi connectivity index (χ0) is 24.6. The first-order valence-electron chi connectivity index (χ1n) is 11.2. The summed E-state index contributed by atoms with van der Waals surface area (Å²) in [6, 6.07) is 7.20. The summed E-state index contributed by atoms with van der Waals surface area (Å²) in [5.41, 5.74) is 6.32. The van der Waals surface area contributed by atoms with Gasteiger partial charge >= 0.3 is 5.97 Å². The van der Waals surface area contributed by atoms with E-state index in [0.717, 1.165) is 22.0 Å². The summed E-state index contributed by atoms with van der Waals surface area (Å²) >= 11 is 2.20. The third-order valence-electron chi connectivity index (χ3n) is 6.12. The second-order valence-corrected chi connectivity index (χ2v) is 10.5. The summed E-state index contributed by atoms with van der Waals surface area (Å²) in [5.74, 6) is -1.60. The molecule has 1 atom stereocenters. The number of hydrogen-bond acceptors (Lipinski definition) is 7. The lowest BCUT2D eigenvalue weighted by atomic mass is 10.1. The fourth-order valence-electron chi connectivity index (χ4n) is 3.85. The Balaban J connectivity index is 1.74. The maximum absolute atomic E-state index is 16.0. The molecular weight excluding hydrogens is 552 g/mol. The van der Waals surface area contributed by atoms with Gasteiger partial charge in [0.05, 0.1) is 29.2 Å². The van der Waals surface area contributed by atoms with Gasteiger partial charge in [-0.05, 0) is 92.2 Å². The van der Waals surface area contributed by atoms with Crippen LogP contribution in [0.5, 0.6) is 0 Å². The zero-order valence-electron chi connectivity index (χ0n) is 19.4. The lowest BCUT2D eigenvalue weighted by Gasteiger charge is -2.28. The summed E-state index contributed by atoms with van der Waals surface area (Å²) in [6.45, 7) is 2.74. The van der Waals surface area contributed by atoms with Crippen LogP contribution >= 0.6 is 22.6 Å². The lowest BCUT2D eigenvalue weighted by molar-refractivity contribution is -0.121. The Kier molecular flexibility index (Phi) is 6.90. The Bertz CT molecular complexity index is 1140. The van der Waals surface area contributed by atoms with Crippen molar-refractivity contribution in [1.82, 2.24) is 4.90 Å². The third-order valence-corrected chi connectivity index (χ3v) is 6.79. The number of carbonyl (C=O) groups excluding carboxylic acids is 2. The number of fused-ring (bicyclic) bond motifs is 1. The van der Waals surface area contributed by atoms with Gasteiger partial charge in [0, 0.05) is 22.2 Å². The molecule has 1 aliphatic heterocycles. The highest BCUT2D eigenvalue weighted by Crippen LogP contribution is 2.43. The van der Waals surface area contributed by atoms with Crippen LogP contribution in [-0.4, -0.2) is 49.7 Å². The fourth-order valence-corrected chi connectivity index (χ4v) is 4.50. The highest BCUT2D eigenvalue weighted by molar-refractivity contribution is 14.1. The van der Waals surface area contributed by atoms with Crippen molar-refractivity contribution in [3.63, 3.8) is 0 Å². The molecule has 0 aromatic heterocycles. The van der Waals surface area contributed by atoms with Gasteiger partial charge in [-0.2, -0.15) is 0 Å². The smallest absolute Gasteiger partial charge is 0.340 e. The average Bonchev–Trinajstić information content (AvgIpc) is 3.52. The van der Waals surface area contributed by atoms with Crippen molar-refractivity contribution in [2.75, 3.05) is 43.2 Å². The van der Waals surface area contributed by atoms with Crippen molar-refractivity contribution in [3.05, 3.63) is 44.8 Å². The van der Waals surface area contributed by atoms with Gasteiger partial charge in [-0.15, -0.1) is 0 Å². The Morgan fingerprint density at radius 3 is 2.65 bits per heavy atom. The number of amides is 1. The number of anilines is 4. The zero-order valence-corrected chi connectivity index (χ0v) is 21.6. The molecule has 2 aliphatic rings. The van der Waals surface area contributed by atoms with Gasteiger partial charge in [0.25, 0.3) is 5.91 Å². The predicted molar refractivity (Wildman–Crippen MR) is 139 cm³/mol. The summed E-state index contributed by atoms with van der Waals surface area (Å²) in [4.78, 5) is 27.3. The Hall–Kier alpha value is -2.60. The van der Waals surface area contributed by atoms with Crippen LogP contribution in [0.4, 0.5) is 27.1 Å². The molecule has 0 spiro atoms. The predicted octanol–water partition coefficient (Wildman–Crippen LogP) is 4.02. The second kappa shape index (κ2) is 9.57. The number of primary amides is 1. The molecule has 10 heteroatoms. The first-order chi connectivity index (χ1) is 16.1. The van der Waals surface area contributed by atoms with E-state index in [4.69, 9.17) is 10.5 Å². The molecule has 0 bridgehead atoms. The molecule has 1 saturated carbocycles. The Morgan fingerprint density at radius 1 is 1.29 bits per heavy atom. The van der Waals surface area contributed by atoms with Crippen LogP contribution in [0.25, 0.3) is 0 Å². The van der Waals surface area contributed by atoms with E-state index >= 15 is 4.39 Å². The monoisotopic (exact) mass is 581 g/mol. The maximum atomic E-state index is 16.0. The number of nitrogens with zero attached hydrogens (tertiary/aromatic N) is 1. The van der Waals surface area contributed by atoms with Gasteiger partial charge in [-0.1, -0.05) is 0 Å². The van der Waals surface area contributed by atoms with Crippen LogP contribution in [0.2, 0.25) is 0 Å². The van der Waals surface area contributed by atoms with Gasteiger partial charge in [-0.25, -0.2) is 9.18 Å². The number of hydrogen-bond donors (Lipinski definition) is 4. The van der Waals surface area contributed by atoms with Crippen LogP contribution < -0.4 is 21.7 Å². The van der Waals surface area contributed by atoms with Crippen molar-refractivity contribution in [3.8, 4) is 0 Å². The fraction of sp³-hybridized carbons (Fsp3) is 0.417. The van der Waals surface area contributed by atoms with Gasteiger partial charge in [-0.3, -0.25) is 4.79 Å². The molecule has 1 amide bonds. The Labute approximate surface area is 211 Å². The minimum atomic E-state index is -1.37. The van der Waals surface area contributed by atoms with E-state index in [0.29, 0.717) is 36.9 Å². The lowest BCUT2D eigenvalue weighted by Crippen LogP contribution is -2.55. The summed E-state index contributed by atoms with van der Waals surface area (Å²) in [7, 11) is 3.74. The van der Waals surface area contributed by atoms with Crippen molar-refractivity contribution in [2.45, 2.75) is 31.8 Å². The summed E-state index contributed by atoms with van der Waals surface area (Å²) in [5, 5.41) is 9.09. The highest BCUT2D eigenvalue weighted by Gasteiger charge is 2.44. The largest absolute Gasteiger partial charge is 0.462 e. The van der Waals surface area contributed by atoms with E-state index in [-0.39, 0.29) is 16.9 Å². The number of nitrogens with one attached hydrogen (secondary N) is 3. The van der Waals surface area contributed by atoms with E-state index in [9.17, 15) is 9.59 Å². The SMILES string of the molecule is Cc1cc(I)ccc1Nc1c(C(=O)OCC2CC2)cc2c(c1F)NC(CCN(C)C)(C(N)=O)N2. The first-order valence-corrected chi connectivity index (χ1v) is 12.3. The molecule has 0 saturated heterocycles. The van der Waals surface area contributed by atoms with Gasteiger partial charge < -0.3 is 31.3 Å². The first kappa shape index (κ1) is 24.5. The molecule has 1 heterocycles. The molecule has 1 unspecified atom stereocenters. The van der Waals surface area contributed by atoms with Crippen LogP contribution in [0.15, 0.2) is 24.3 Å². The number of nitrogens with two attached hydrogens (primary N) is 1. The van der Waals surface area contributed by atoms with Crippen LogP contribution in [0, 0.1) is 22.2 Å². The molecule has 4 rings (SSSR count). The number of halogens is 2. The Morgan fingerprint density at radius 2 is 2.03 bits per heavy atom. The number of esters is 1. The minimum Gasteiger partial charge on any atom is -0.462 e. The van der Waals surface area contributed by atoms with Crippen molar-refractivity contribution in [1.29, 1.82) is 0 Å². The minimum absolute atomic E-state index is 0.00830. The van der Waals surface area contributed by atoms with E-state index in [1.165, 1.54) is 6.07 Å². The molecule has 8 nitrogen and oxygen atoms in total. The van der Waals surface area contributed by atoms with E-state index in [2.05, 4.69) is 38.5 Å². The number of aryl methyl sites for hydroxylation is 1. The summed E-state index contributed by atoms with van der Waals surface area (Å²) < 4.78 is 22.5. The normalized spacial score (nSPS) is 18.8. The molecule has 2 aromatic carbocycles. The van der Waals surface area contributed by atoms with E-state index < -0.39 is 23.4 Å². The molecule has 1 aliphatic carbocycles. The number of carbonyl (C=O) groups is 2. The second-order valence-electron chi connectivity index (χ2n) is 9.23. The van der Waals surface area contributed by atoms with E-state index in [1.807, 2.05) is 44.1 Å². The number of rotatable bonds is 9. The molecule has 1 fully saturated rings. The third kappa shape index (κ3) is 5.07. The molecular formula is C24H29FIN5O3. The highest BCUT2D eigenvalue weighted by atomic mass is 127. The van der Waals surface area contributed by atoms with Gasteiger partial charge in [0.2, 0.25) is 0 Å². The average molecular weight is 581 g/mol. The molecule has 34 heavy (non-hydrogen) atoms. The summed E-state index contributed by atoms with van der Waals surface area (Å²) in [6.07, 6.45) is 2.35. The standard InChI is InChI=1S/C24H29FIN5O3/c1-13-10-15(26)6-7-17(13)28-20-16(22(32)34-12-14-4-5-14)11-18-21(19(20)25)30-24(29-18,23(27)33)8-9-31(2)3/h6-7,10-11,14,28-30H,4-5,8-9,12H2,1-3H3,(H2,27,33). The van der Waals surface area contributed by atoms with Gasteiger partial charge in [0.1, 0.15) is 0 Å². The van der Waals surface area contributed by atoms with Crippen LogP contribution in [0.1, 0.15) is 35.2 Å².